The summed E-state index contributed by atoms with van der Waals surface area (Å²) in [5.74, 6) is -0.872. The van der Waals surface area contributed by atoms with Gasteiger partial charge < -0.3 is 14.8 Å². The fourth-order valence-electron chi connectivity index (χ4n) is 1.86. The first-order chi connectivity index (χ1) is 11.9. The number of ether oxygens (including phenoxy) is 2. The van der Waals surface area contributed by atoms with Crippen LogP contribution in [0.5, 0.6) is 5.75 Å². The highest BCUT2D eigenvalue weighted by Crippen LogP contribution is 2.22. The zero-order chi connectivity index (χ0) is 18.4. The van der Waals surface area contributed by atoms with E-state index in [0.29, 0.717) is 11.4 Å². The molecule has 2 aromatic rings. The summed E-state index contributed by atoms with van der Waals surface area (Å²) in [6, 6.07) is 9.93. The van der Waals surface area contributed by atoms with Gasteiger partial charge in [0.1, 0.15) is 5.75 Å². The lowest BCUT2D eigenvalue weighted by Crippen LogP contribution is -2.21. The van der Waals surface area contributed by atoms with Crippen molar-refractivity contribution in [3.05, 3.63) is 63.2 Å². The van der Waals surface area contributed by atoms with Crippen molar-refractivity contribution in [2.45, 2.75) is 0 Å². The monoisotopic (exact) mass is 364 g/mol. The van der Waals surface area contributed by atoms with E-state index in [1.54, 1.807) is 24.3 Å². The van der Waals surface area contributed by atoms with Crippen molar-refractivity contribution in [1.82, 2.24) is 0 Å². The average molecular weight is 365 g/mol. The number of nitro groups is 1. The number of rotatable bonds is 6. The molecular formula is C16H13ClN2O6. The van der Waals surface area contributed by atoms with Crippen molar-refractivity contribution >= 4 is 34.9 Å². The Bertz CT molecular complexity index is 807. The Hall–Kier alpha value is -3.13. The summed E-state index contributed by atoms with van der Waals surface area (Å²) in [4.78, 5) is 33.8. The highest BCUT2D eigenvalue weighted by molar-refractivity contribution is 6.33. The number of hydrogen-bond acceptors (Lipinski definition) is 6. The van der Waals surface area contributed by atoms with E-state index in [9.17, 15) is 19.7 Å². The van der Waals surface area contributed by atoms with E-state index >= 15 is 0 Å². The molecule has 0 radical (unpaired) electrons. The molecule has 0 bridgehead atoms. The molecule has 0 unspecified atom stereocenters. The molecule has 0 aliphatic carbocycles. The van der Waals surface area contributed by atoms with Crippen LogP contribution in [0, 0.1) is 10.1 Å². The summed E-state index contributed by atoms with van der Waals surface area (Å²) in [7, 11) is 1.52. The molecule has 0 aromatic heterocycles. The highest BCUT2D eigenvalue weighted by Gasteiger charge is 2.18. The summed E-state index contributed by atoms with van der Waals surface area (Å²) in [5.41, 5.74) is 0.00220. The minimum Gasteiger partial charge on any atom is -0.497 e. The van der Waals surface area contributed by atoms with Crippen molar-refractivity contribution in [2.24, 2.45) is 0 Å². The average Bonchev–Trinajstić information content (AvgIpc) is 2.60. The van der Waals surface area contributed by atoms with Gasteiger partial charge in [0.25, 0.3) is 11.6 Å². The maximum Gasteiger partial charge on any atom is 0.340 e. The van der Waals surface area contributed by atoms with Gasteiger partial charge >= 0.3 is 5.97 Å². The van der Waals surface area contributed by atoms with Gasteiger partial charge in [-0.15, -0.1) is 0 Å². The molecule has 0 aliphatic heterocycles. The van der Waals surface area contributed by atoms with E-state index in [1.165, 1.54) is 13.2 Å². The van der Waals surface area contributed by atoms with Crippen LogP contribution < -0.4 is 10.1 Å². The van der Waals surface area contributed by atoms with E-state index in [2.05, 4.69) is 5.32 Å². The fraction of sp³-hybridized carbons (Fsp3) is 0.125. The molecule has 0 spiro atoms. The summed E-state index contributed by atoms with van der Waals surface area (Å²) >= 11 is 5.83. The lowest BCUT2D eigenvalue weighted by molar-refractivity contribution is -0.384. The number of methoxy groups -OCH3 is 1. The molecule has 0 fully saturated rings. The quantitative estimate of drug-likeness (QED) is 0.479. The summed E-state index contributed by atoms with van der Waals surface area (Å²) < 4.78 is 9.84. The van der Waals surface area contributed by atoms with E-state index in [0.717, 1.165) is 12.1 Å². The minimum atomic E-state index is -0.932. The zero-order valence-corrected chi connectivity index (χ0v) is 13.8. The number of non-ortho nitro benzene ring substituents is 1. The first-order valence-corrected chi connectivity index (χ1v) is 7.33. The van der Waals surface area contributed by atoms with Gasteiger partial charge in [-0.05, 0) is 30.3 Å². The van der Waals surface area contributed by atoms with Crippen LogP contribution in [0.1, 0.15) is 10.4 Å². The Morgan fingerprint density at radius 2 is 1.88 bits per heavy atom. The van der Waals surface area contributed by atoms with Crippen LogP contribution in [0.15, 0.2) is 42.5 Å². The molecule has 0 saturated carbocycles. The number of carbonyl (C=O) groups excluding carboxylic acids is 2. The number of hydrogen-bond donors (Lipinski definition) is 1. The fourth-order valence-corrected chi connectivity index (χ4v) is 2.06. The van der Waals surface area contributed by atoms with Crippen LogP contribution in [-0.2, 0) is 9.53 Å². The third kappa shape index (κ3) is 4.92. The minimum absolute atomic E-state index is 0.00818. The molecule has 0 heterocycles. The number of anilines is 1. The molecule has 1 amide bonds. The molecule has 2 aromatic carbocycles. The van der Waals surface area contributed by atoms with Gasteiger partial charge in [0.05, 0.1) is 22.6 Å². The van der Waals surface area contributed by atoms with Gasteiger partial charge in [-0.1, -0.05) is 11.6 Å². The van der Waals surface area contributed by atoms with E-state index in [4.69, 9.17) is 21.1 Å². The van der Waals surface area contributed by atoms with Crippen LogP contribution >= 0.6 is 11.6 Å². The smallest absolute Gasteiger partial charge is 0.340 e. The number of nitrogens with one attached hydrogen (secondary N) is 1. The molecule has 0 atom stereocenters. The Kier molecular flexibility index (Phi) is 5.91. The second-order valence-corrected chi connectivity index (χ2v) is 5.18. The molecule has 2 rings (SSSR count). The largest absolute Gasteiger partial charge is 0.497 e. The number of amides is 1. The molecular weight excluding hydrogens is 352 g/mol. The van der Waals surface area contributed by atoms with Gasteiger partial charge in [0.15, 0.2) is 6.61 Å². The van der Waals surface area contributed by atoms with Crippen molar-refractivity contribution in [1.29, 1.82) is 0 Å². The maximum atomic E-state index is 12.0. The van der Waals surface area contributed by atoms with Gasteiger partial charge in [-0.25, -0.2) is 4.79 Å². The lowest BCUT2D eigenvalue weighted by Gasteiger charge is -2.08. The second-order valence-electron chi connectivity index (χ2n) is 4.77. The van der Waals surface area contributed by atoms with Gasteiger partial charge in [-0.2, -0.15) is 0 Å². The van der Waals surface area contributed by atoms with Gasteiger partial charge in [-0.3, -0.25) is 14.9 Å². The van der Waals surface area contributed by atoms with Crippen LogP contribution in [0.3, 0.4) is 0 Å². The Morgan fingerprint density at radius 3 is 2.48 bits per heavy atom. The summed E-state index contributed by atoms with van der Waals surface area (Å²) in [6.45, 7) is -0.566. The number of nitro benzene ring substituents is 1. The van der Waals surface area contributed by atoms with Crippen LogP contribution in [-0.4, -0.2) is 30.5 Å². The first kappa shape index (κ1) is 18.2. The standard InChI is InChI=1S/C16H13ClN2O6/c1-24-12-5-2-10(3-6-12)18-15(20)9-25-16(21)13-8-11(19(22)23)4-7-14(13)17/h2-8H,9H2,1H3,(H,18,20). The Morgan fingerprint density at radius 1 is 1.20 bits per heavy atom. The van der Waals surface area contributed by atoms with E-state index in [1.807, 2.05) is 0 Å². The lowest BCUT2D eigenvalue weighted by atomic mass is 10.2. The van der Waals surface area contributed by atoms with Crippen LogP contribution in [0.2, 0.25) is 5.02 Å². The normalized spacial score (nSPS) is 10.0. The van der Waals surface area contributed by atoms with Crippen LogP contribution in [0.25, 0.3) is 0 Å². The molecule has 130 valence electrons. The third-order valence-corrected chi connectivity index (χ3v) is 3.42. The number of nitrogens with zero attached hydrogens (tertiary/aromatic N) is 1. The number of carbonyl (C=O) groups is 2. The molecule has 8 nitrogen and oxygen atoms in total. The maximum absolute atomic E-state index is 12.0. The van der Waals surface area contributed by atoms with Gasteiger partial charge in [0.2, 0.25) is 0 Å². The molecule has 25 heavy (non-hydrogen) atoms. The van der Waals surface area contributed by atoms with Gasteiger partial charge in [0, 0.05) is 17.8 Å². The topological polar surface area (TPSA) is 108 Å². The number of halogens is 1. The SMILES string of the molecule is COc1ccc(NC(=O)COC(=O)c2cc([N+](=O)[O-])ccc2Cl)cc1. The van der Waals surface area contributed by atoms with Crippen molar-refractivity contribution < 1.29 is 24.0 Å². The predicted octanol–water partition coefficient (Wildman–Crippen LogP) is 3.05. The first-order valence-electron chi connectivity index (χ1n) is 6.95. The molecule has 1 N–H and O–H groups in total. The Balaban J connectivity index is 1.96. The Labute approximate surface area is 147 Å². The molecule has 0 saturated heterocycles. The van der Waals surface area contributed by atoms with E-state index in [-0.39, 0.29) is 16.3 Å². The zero-order valence-electron chi connectivity index (χ0n) is 13.0. The number of esters is 1. The third-order valence-electron chi connectivity index (χ3n) is 3.09. The van der Waals surface area contributed by atoms with Crippen molar-refractivity contribution in [3.63, 3.8) is 0 Å². The predicted molar refractivity (Wildman–Crippen MR) is 90.0 cm³/mol. The molecule has 0 aliphatic rings. The van der Waals surface area contributed by atoms with Crippen LogP contribution in [0.4, 0.5) is 11.4 Å². The van der Waals surface area contributed by atoms with Crippen molar-refractivity contribution in [3.8, 4) is 5.75 Å². The summed E-state index contributed by atoms with van der Waals surface area (Å²) in [5, 5.41) is 13.3. The highest BCUT2D eigenvalue weighted by atomic mass is 35.5. The molecule has 9 heteroatoms. The number of benzene rings is 2. The van der Waals surface area contributed by atoms with E-state index < -0.39 is 23.4 Å². The summed E-state index contributed by atoms with van der Waals surface area (Å²) in [6.07, 6.45) is 0. The second kappa shape index (κ2) is 8.11. The van der Waals surface area contributed by atoms with Crippen molar-refractivity contribution in [2.75, 3.05) is 19.0 Å².